The monoisotopic (exact) mass is 366 g/mol. The molecule has 0 radical (unpaired) electrons. The zero-order valence-corrected chi connectivity index (χ0v) is 14.3. The van der Waals surface area contributed by atoms with Gasteiger partial charge in [-0.1, -0.05) is 48.0 Å². The molecule has 3 aromatic carbocycles. The van der Waals surface area contributed by atoms with Crippen molar-refractivity contribution in [2.45, 2.75) is 0 Å². The van der Waals surface area contributed by atoms with E-state index >= 15 is 0 Å². The Morgan fingerprint density at radius 2 is 1.27 bits per heavy atom. The van der Waals surface area contributed by atoms with Gasteiger partial charge in [-0.3, -0.25) is 9.59 Å². The molecular weight excluding hydrogens is 352 g/mol. The number of aromatic hydroxyl groups is 1. The number of hydrogen-bond donors (Lipinski definition) is 3. The van der Waals surface area contributed by atoms with Gasteiger partial charge in [0.25, 0.3) is 11.8 Å². The van der Waals surface area contributed by atoms with Crippen molar-refractivity contribution in [3.05, 3.63) is 88.9 Å². The number of rotatable bonds is 4. The Morgan fingerprint density at radius 1 is 0.769 bits per heavy atom. The van der Waals surface area contributed by atoms with Gasteiger partial charge in [-0.25, -0.2) is 0 Å². The molecule has 0 aliphatic carbocycles. The number of phenolic OH excluding ortho intramolecular Hbond substituents is 1. The Balaban J connectivity index is 1.83. The quantitative estimate of drug-likeness (QED) is 0.468. The van der Waals surface area contributed by atoms with E-state index in [2.05, 4.69) is 10.6 Å². The Hall–Kier alpha value is -3.31. The average Bonchev–Trinajstić information content (AvgIpc) is 2.67. The van der Waals surface area contributed by atoms with Crippen LogP contribution in [0.1, 0.15) is 20.7 Å². The van der Waals surface area contributed by atoms with Crippen LogP contribution in [0.15, 0.2) is 72.8 Å². The molecule has 3 aromatic rings. The standard InChI is InChI=1S/C20H15ClN2O3/c21-16-11-15(22-19(25)13-7-3-1-4-8-13)12-17(18(16)24)23-20(26)14-9-5-2-6-10-14/h1-12,24H,(H,22,25)(H,23,26). The zero-order chi connectivity index (χ0) is 18.5. The molecule has 130 valence electrons. The van der Waals surface area contributed by atoms with Crippen molar-refractivity contribution in [3.63, 3.8) is 0 Å². The molecule has 0 unspecified atom stereocenters. The lowest BCUT2D eigenvalue weighted by Gasteiger charge is -2.12. The van der Waals surface area contributed by atoms with Crippen LogP contribution in [0.3, 0.4) is 0 Å². The number of nitrogens with one attached hydrogen (secondary N) is 2. The summed E-state index contributed by atoms with van der Waals surface area (Å²) in [7, 11) is 0. The van der Waals surface area contributed by atoms with E-state index in [0.717, 1.165) is 0 Å². The van der Waals surface area contributed by atoms with Crippen LogP contribution in [0.5, 0.6) is 5.75 Å². The second kappa shape index (κ2) is 7.72. The van der Waals surface area contributed by atoms with Crippen molar-refractivity contribution in [2.75, 3.05) is 10.6 Å². The number of phenols is 1. The maximum Gasteiger partial charge on any atom is 0.255 e. The number of benzene rings is 3. The van der Waals surface area contributed by atoms with Gasteiger partial charge in [0, 0.05) is 16.8 Å². The first-order valence-electron chi connectivity index (χ1n) is 7.80. The summed E-state index contributed by atoms with van der Waals surface area (Å²) >= 11 is 6.03. The van der Waals surface area contributed by atoms with Crippen LogP contribution in [-0.4, -0.2) is 16.9 Å². The maximum atomic E-state index is 12.3. The molecule has 0 spiro atoms. The van der Waals surface area contributed by atoms with Gasteiger partial charge in [0.2, 0.25) is 0 Å². The van der Waals surface area contributed by atoms with Crippen LogP contribution in [0.25, 0.3) is 0 Å². The van der Waals surface area contributed by atoms with Gasteiger partial charge in [0.1, 0.15) is 0 Å². The second-order valence-corrected chi connectivity index (χ2v) is 5.90. The fourth-order valence-electron chi connectivity index (χ4n) is 2.34. The van der Waals surface area contributed by atoms with Gasteiger partial charge in [-0.05, 0) is 36.4 Å². The first-order valence-corrected chi connectivity index (χ1v) is 8.17. The Morgan fingerprint density at radius 3 is 1.81 bits per heavy atom. The molecule has 0 saturated carbocycles. The van der Waals surface area contributed by atoms with E-state index in [1.807, 2.05) is 6.07 Å². The number of carbonyl (C=O) groups excluding carboxylic acids is 2. The van der Waals surface area contributed by atoms with Crippen molar-refractivity contribution < 1.29 is 14.7 Å². The van der Waals surface area contributed by atoms with Gasteiger partial charge in [0.05, 0.1) is 10.7 Å². The Bertz CT molecular complexity index is 944. The highest BCUT2D eigenvalue weighted by atomic mass is 35.5. The van der Waals surface area contributed by atoms with E-state index in [0.29, 0.717) is 16.8 Å². The molecule has 0 atom stereocenters. The lowest BCUT2D eigenvalue weighted by atomic mass is 10.2. The highest BCUT2D eigenvalue weighted by molar-refractivity contribution is 6.33. The first-order chi connectivity index (χ1) is 12.5. The largest absolute Gasteiger partial charge is 0.504 e. The average molecular weight is 367 g/mol. The molecule has 26 heavy (non-hydrogen) atoms. The van der Waals surface area contributed by atoms with E-state index in [9.17, 15) is 14.7 Å². The molecule has 0 heterocycles. The summed E-state index contributed by atoms with van der Waals surface area (Å²) in [5.74, 6) is -0.996. The van der Waals surface area contributed by atoms with Crippen molar-refractivity contribution in [2.24, 2.45) is 0 Å². The maximum absolute atomic E-state index is 12.3. The zero-order valence-electron chi connectivity index (χ0n) is 13.6. The van der Waals surface area contributed by atoms with Crippen LogP contribution in [0.2, 0.25) is 5.02 Å². The van der Waals surface area contributed by atoms with Crippen LogP contribution in [-0.2, 0) is 0 Å². The third-order valence-corrected chi connectivity index (χ3v) is 3.93. The summed E-state index contributed by atoms with van der Waals surface area (Å²) in [5, 5.41) is 15.4. The molecule has 0 fully saturated rings. The third-order valence-electron chi connectivity index (χ3n) is 3.64. The summed E-state index contributed by atoms with van der Waals surface area (Å²) in [6.07, 6.45) is 0. The van der Waals surface area contributed by atoms with Crippen LogP contribution < -0.4 is 10.6 Å². The van der Waals surface area contributed by atoms with Gasteiger partial charge >= 0.3 is 0 Å². The second-order valence-electron chi connectivity index (χ2n) is 5.49. The molecule has 0 bridgehead atoms. The van der Waals surface area contributed by atoms with Crippen LogP contribution >= 0.6 is 11.6 Å². The lowest BCUT2D eigenvalue weighted by molar-refractivity contribution is 0.101. The minimum absolute atomic E-state index is 0.0132. The highest BCUT2D eigenvalue weighted by Gasteiger charge is 2.14. The molecular formula is C20H15ClN2O3. The Kier molecular flexibility index (Phi) is 5.20. The number of anilines is 2. The van der Waals surface area contributed by atoms with E-state index in [-0.39, 0.29) is 22.4 Å². The van der Waals surface area contributed by atoms with Gasteiger partial charge in [-0.15, -0.1) is 0 Å². The van der Waals surface area contributed by atoms with Gasteiger partial charge in [-0.2, -0.15) is 0 Å². The smallest absolute Gasteiger partial charge is 0.255 e. The minimum Gasteiger partial charge on any atom is -0.504 e. The number of carbonyl (C=O) groups is 2. The molecule has 0 aliphatic heterocycles. The Labute approximate surface area is 155 Å². The van der Waals surface area contributed by atoms with Crippen LogP contribution in [0.4, 0.5) is 11.4 Å². The van der Waals surface area contributed by atoms with Crippen molar-refractivity contribution >= 4 is 34.8 Å². The normalized spacial score (nSPS) is 10.2. The molecule has 6 heteroatoms. The van der Waals surface area contributed by atoms with E-state index in [1.54, 1.807) is 54.6 Å². The molecule has 3 rings (SSSR count). The molecule has 0 aromatic heterocycles. The first kappa shape index (κ1) is 17.5. The topological polar surface area (TPSA) is 78.4 Å². The van der Waals surface area contributed by atoms with E-state index in [4.69, 9.17) is 11.6 Å². The van der Waals surface area contributed by atoms with E-state index in [1.165, 1.54) is 12.1 Å². The predicted octanol–water partition coefficient (Wildman–Crippen LogP) is 4.55. The van der Waals surface area contributed by atoms with Gasteiger partial charge < -0.3 is 15.7 Å². The third kappa shape index (κ3) is 4.02. The molecule has 0 aliphatic rings. The summed E-state index contributed by atoms with van der Waals surface area (Å²) in [6, 6.07) is 20.1. The number of amides is 2. The molecule has 0 saturated heterocycles. The fraction of sp³-hybridized carbons (Fsp3) is 0. The van der Waals surface area contributed by atoms with Crippen molar-refractivity contribution in [3.8, 4) is 5.75 Å². The summed E-state index contributed by atoms with van der Waals surface area (Å²) < 4.78 is 0. The SMILES string of the molecule is O=C(Nc1cc(Cl)c(O)c(NC(=O)c2ccccc2)c1)c1ccccc1. The van der Waals surface area contributed by atoms with E-state index < -0.39 is 5.91 Å². The molecule has 2 amide bonds. The summed E-state index contributed by atoms with van der Waals surface area (Å²) in [5.41, 5.74) is 1.37. The highest BCUT2D eigenvalue weighted by Crippen LogP contribution is 2.35. The predicted molar refractivity (Wildman–Crippen MR) is 102 cm³/mol. The summed E-state index contributed by atoms with van der Waals surface area (Å²) in [6.45, 7) is 0. The lowest BCUT2D eigenvalue weighted by Crippen LogP contribution is -2.14. The fourth-order valence-corrected chi connectivity index (χ4v) is 2.56. The van der Waals surface area contributed by atoms with Crippen LogP contribution in [0, 0.1) is 0 Å². The van der Waals surface area contributed by atoms with Crippen molar-refractivity contribution in [1.82, 2.24) is 0 Å². The molecule has 5 nitrogen and oxygen atoms in total. The van der Waals surface area contributed by atoms with Gasteiger partial charge in [0.15, 0.2) is 5.75 Å². The molecule has 3 N–H and O–H groups in total. The minimum atomic E-state index is -0.400. The van der Waals surface area contributed by atoms with Crippen molar-refractivity contribution in [1.29, 1.82) is 0 Å². The number of halogens is 1. The summed E-state index contributed by atoms with van der Waals surface area (Å²) in [4.78, 5) is 24.5. The number of hydrogen-bond acceptors (Lipinski definition) is 3.